The summed E-state index contributed by atoms with van der Waals surface area (Å²) >= 11 is 0. The zero-order valence-corrected chi connectivity index (χ0v) is 8.45. The first kappa shape index (κ1) is 11.4. The number of fused-ring (bicyclic) bond motifs is 1. The lowest BCUT2D eigenvalue weighted by Gasteiger charge is -2.13. The minimum absolute atomic E-state index is 0.0973. The summed E-state index contributed by atoms with van der Waals surface area (Å²) in [5, 5.41) is 9.06. The molecule has 88 valence electrons. The van der Waals surface area contributed by atoms with E-state index in [1.165, 1.54) is 24.3 Å². The summed E-state index contributed by atoms with van der Waals surface area (Å²) < 4.78 is 38.6. The van der Waals surface area contributed by atoms with Crippen LogP contribution in [0.15, 0.2) is 36.4 Å². The number of carbonyl (C=O) groups is 1. The molecular weight excluding hydrogens is 233 g/mol. The predicted octanol–water partition coefficient (Wildman–Crippen LogP) is 3.56. The zero-order valence-electron chi connectivity index (χ0n) is 8.45. The SMILES string of the molecule is O=C(O)c1ccc2ccccc2c1C(F)(F)F. The Morgan fingerprint density at radius 1 is 1.06 bits per heavy atom. The second kappa shape index (κ2) is 3.76. The summed E-state index contributed by atoms with van der Waals surface area (Å²) in [5.74, 6) is -1.58. The lowest BCUT2D eigenvalue weighted by atomic mass is 9.98. The summed E-state index contributed by atoms with van der Waals surface area (Å²) in [6.07, 6.45) is -4.69. The maximum Gasteiger partial charge on any atom is 0.417 e. The molecule has 0 fully saturated rings. The molecule has 0 heterocycles. The van der Waals surface area contributed by atoms with Crippen molar-refractivity contribution in [2.75, 3.05) is 0 Å². The van der Waals surface area contributed by atoms with E-state index in [1.807, 2.05) is 0 Å². The van der Waals surface area contributed by atoms with E-state index in [4.69, 9.17) is 5.11 Å². The van der Waals surface area contributed by atoms with Gasteiger partial charge in [-0.25, -0.2) is 4.79 Å². The van der Waals surface area contributed by atoms with E-state index >= 15 is 0 Å². The molecule has 5 heteroatoms. The first-order chi connectivity index (χ1) is 7.91. The normalized spacial score (nSPS) is 11.7. The average Bonchev–Trinajstić information content (AvgIpc) is 2.26. The maximum atomic E-state index is 12.9. The number of carboxylic acids is 1. The summed E-state index contributed by atoms with van der Waals surface area (Å²) in [6.45, 7) is 0. The molecule has 2 nitrogen and oxygen atoms in total. The molecule has 0 saturated heterocycles. The van der Waals surface area contributed by atoms with Crippen LogP contribution in [-0.4, -0.2) is 11.1 Å². The fourth-order valence-electron chi connectivity index (χ4n) is 1.76. The van der Waals surface area contributed by atoms with Crippen LogP contribution in [0.5, 0.6) is 0 Å². The first-order valence-electron chi connectivity index (χ1n) is 4.73. The van der Waals surface area contributed by atoms with Gasteiger partial charge in [-0.1, -0.05) is 30.3 Å². The molecule has 0 aromatic heterocycles. The van der Waals surface area contributed by atoms with Gasteiger partial charge in [0.15, 0.2) is 0 Å². The Labute approximate surface area is 94.3 Å². The molecule has 0 unspecified atom stereocenters. The van der Waals surface area contributed by atoms with Gasteiger partial charge >= 0.3 is 12.1 Å². The van der Waals surface area contributed by atoms with Crippen molar-refractivity contribution in [2.24, 2.45) is 0 Å². The summed E-state index contributed by atoms with van der Waals surface area (Å²) in [6, 6.07) is 8.18. The van der Waals surface area contributed by atoms with Gasteiger partial charge in [0, 0.05) is 0 Å². The molecule has 0 bridgehead atoms. The van der Waals surface area contributed by atoms with E-state index in [0.717, 1.165) is 6.07 Å². The van der Waals surface area contributed by atoms with Gasteiger partial charge in [-0.2, -0.15) is 13.2 Å². The van der Waals surface area contributed by atoms with Gasteiger partial charge in [0.05, 0.1) is 11.1 Å². The van der Waals surface area contributed by atoms with Crippen molar-refractivity contribution < 1.29 is 23.1 Å². The minimum atomic E-state index is -4.69. The standard InChI is InChI=1S/C12H7F3O2/c13-12(14,15)10-8-4-2-1-3-7(8)5-6-9(10)11(16)17/h1-6H,(H,16,17). The fraction of sp³-hybridized carbons (Fsp3) is 0.0833. The van der Waals surface area contributed by atoms with Gasteiger partial charge in [0.1, 0.15) is 0 Å². The second-order valence-corrected chi connectivity index (χ2v) is 3.51. The fourth-order valence-corrected chi connectivity index (χ4v) is 1.76. The summed E-state index contributed by atoms with van der Waals surface area (Å²) in [7, 11) is 0. The van der Waals surface area contributed by atoms with E-state index in [9.17, 15) is 18.0 Å². The molecule has 17 heavy (non-hydrogen) atoms. The zero-order chi connectivity index (χ0) is 12.6. The Balaban J connectivity index is 2.90. The molecular formula is C12H7F3O2. The Morgan fingerprint density at radius 2 is 1.71 bits per heavy atom. The monoisotopic (exact) mass is 240 g/mol. The predicted molar refractivity (Wildman–Crippen MR) is 55.9 cm³/mol. The van der Waals surface area contributed by atoms with Gasteiger partial charge < -0.3 is 5.11 Å². The van der Waals surface area contributed by atoms with Gasteiger partial charge in [0.25, 0.3) is 0 Å². The maximum absolute atomic E-state index is 12.9. The number of hydrogen-bond acceptors (Lipinski definition) is 1. The van der Waals surface area contributed by atoms with Crippen LogP contribution in [0, 0.1) is 0 Å². The van der Waals surface area contributed by atoms with Crippen molar-refractivity contribution in [1.82, 2.24) is 0 Å². The Kier molecular flexibility index (Phi) is 2.53. The van der Waals surface area contributed by atoms with Crippen LogP contribution in [0.25, 0.3) is 10.8 Å². The van der Waals surface area contributed by atoms with Crippen LogP contribution in [0.1, 0.15) is 15.9 Å². The van der Waals surface area contributed by atoms with E-state index in [-0.39, 0.29) is 5.39 Å². The lowest BCUT2D eigenvalue weighted by molar-refractivity contribution is -0.136. The van der Waals surface area contributed by atoms with Gasteiger partial charge in [-0.3, -0.25) is 0 Å². The van der Waals surface area contributed by atoms with Gasteiger partial charge in [-0.05, 0) is 16.8 Å². The van der Waals surface area contributed by atoms with Crippen molar-refractivity contribution in [3.05, 3.63) is 47.5 Å². The molecule has 0 aliphatic heterocycles. The first-order valence-corrected chi connectivity index (χ1v) is 4.73. The van der Waals surface area contributed by atoms with Crippen molar-refractivity contribution in [3.63, 3.8) is 0 Å². The number of alkyl halides is 3. The van der Waals surface area contributed by atoms with Crippen LogP contribution < -0.4 is 0 Å². The third kappa shape index (κ3) is 1.95. The van der Waals surface area contributed by atoms with Crippen LogP contribution in [0.2, 0.25) is 0 Å². The summed E-state index contributed by atoms with van der Waals surface area (Å²) in [5.41, 5.74) is -1.82. The molecule has 2 aromatic rings. The second-order valence-electron chi connectivity index (χ2n) is 3.51. The highest BCUT2D eigenvalue weighted by molar-refractivity contribution is 5.98. The number of halogens is 3. The number of rotatable bonds is 1. The highest BCUT2D eigenvalue weighted by Crippen LogP contribution is 2.37. The molecule has 0 atom stereocenters. The minimum Gasteiger partial charge on any atom is -0.478 e. The molecule has 0 spiro atoms. The van der Waals surface area contributed by atoms with Gasteiger partial charge in [0.2, 0.25) is 0 Å². The molecule has 2 aromatic carbocycles. The van der Waals surface area contributed by atoms with Crippen LogP contribution >= 0.6 is 0 Å². The summed E-state index contributed by atoms with van der Waals surface area (Å²) in [4.78, 5) is 10.8. The molecule has 0 saturated carbocycles. The molecule has 1 N–H and O–H groups in total. The average molecular weight is 240 g/mol. The quantitative estimate of drug-likeness (QED) is 0.827. The largest absolute Gasteiger partial charge is 0.478 e. The van der Waals surface area contributed by atoms with Crippen LogP contribution in [-0.2, 0) is 6.18 Å². The highest BCUT2D eigenvalue weighted by atomic mass is 19.4. The number of carboxylic acid groups (broad SMARTS) is 1. The van der Waals surface area contributed by atoms with Crippen LogP contribution in [0.3, 0.4) is 0 Å². The van der Waals surface area contributed by atoms with E-state index in [1.54, 1.807) is 6.07 Å². The van der Waals surface area contributed by atoms with Crippen LogP contribution in [0.4, 0.5) is 13.2 Å². The Hall–Kier alpha value is -2.04. The highest BCUT2D eigenvalue weighted by Gasteiger charge is 2.37. The molecule has 2 rings (SSSR count). The lowest BCUT2D eigenvalue weighted by Crippen LogP contribution is -2.13. The van der Waals surface area contributed by atoms with Gasteiger partial charge in [-0.15, -0.1) is 0 Å². The molecule has 0 aliphatic carbocycles. The van der Waals surface area contributed by atoms with E-state index < -0.39 is 23.3 Å². The third-order valence-electron chi connectivity index (χ3n) is 2.44. The van der Waals surface area contributed by atoms with Crippen molar-refractivity contribution in [2.45, 2.75) is 6.18 Å². The molecule has 0 aliphatic rings. The topological polar surface area (TPSA) is 37.3 Å². The van der Waals surface area contributed by atoms with E-state index in [2.05, 4.69) is 0 Å². The Bertz CT molecular complexity index is 588. The van der Waals surface area contributed by atoms with Crippen molar-refractivity contribution >= 4 is 16.7 Å². The molecule has 0 amide bonds. The number of hydrogen-bond donors (Lipinski definition) is 1. The molecule has 0 radical (unpaired) electrons. The van der Waals surface area contributed by atoms with Crippen molar-refractivity contribution in [3.8, 4) is 0 Å². The smallest absolute Gasteiger partial charge is 0.417 e. The number of benzene rings is 2. The Morgan fingerprint density at radius 3 is 2.29 bits per heavy atom. The van der Waals surface area contributed by atoms with Crippen molar-refractivity contribution in [1.29, 1.82) is 0 Å². The third-order valence-corrected chi connectivity index (χ3v) is 2.44. The van der Waals surface area contributed by atoms with E-state index in [0.29, 0.717) is 5.39 Å². The number of aromatic carboxylic acids is 1.